The van der Waals surface area contributed by atoms with Crippen LogP contribution in [-0.4, -0.2) is 30.5 Å². The molecule has 5 nitrogen and oxygen atoms in total. The number of fused-ring (bicyclic) bond motifs is 1. The van der Waals surface area contributed by atoms with Gasteiger partial charge in [0.1, 0.15) is 5.75 Å². The predicted octanol–water partition coefficient (Wildman–Crippen LogP) is 2.26. The van der Waals surface area contributed by atoms with Crippen molar-refractivity contribution in [2.75, 3.05) is 13.6 Å². The van der Waals surface area contributed by atoms with Crippen LogP contribution in [0.3, 0.4) is 0 Å². The molecule has 0 saturated heterocycles. The monoisotopic (exact) mass is 276 g/mol. The maximum Gasteiger partial charge on any atom is 0.414 e. The van der Waals surface area contributed by atoms with Crippen LogP contribution in [0, 0.1) is 0 Å². The molecule has 2 rings (SSSR count). The van der Waals surface area contributed by atoms with Gasteiger partial charge in [0, 0.05) is 20.5 Å². The van der Waals surface area contributed by atoms with Crippen molar-refractivity contribution in [3.63, 3.8) is 0 Å². The highest BCUT2D eigenvalue weighted by atomic mass is 16.6. The SMILES string of the molecule is CCN(C)C(=O)Oc1ccc2c(c1)C(NC(C)=O)CC2. The molecule has 1 aromatic carbocycles. The van der Waals surface area contributed by atoms with Gasteiger partial charge in [-0.05, 0) is 43.0 Å². The number of rotatable bonds is 3. The molecule has 20 heavy (non-hydrogen) atoms. The second-order valence-electron chi connectivity index (χ2n) is 5.03. The summed E-state index contributed by atoms with van der Waals surface area (Å²) in [5.41, 5.74) is 2.25. The normalized spacial score (nSPS) is 16.4. The first-order chi connectivity index (χ1) is 9.51. The van der Waals surface area contributed by atoms with Gasteiger partial charge in [-0.25, -0.2) is 4.79 Å². The lowest BCUT2D eigenvalue weighted by atomic mass is 10.1. The zero-order valence-electron chi connectivity index (χ0n) is 12.1. The van der Waals surface area contributed by atoms with E-state index < -0.39 is 0 Å². The minimum atomic E-state index is -0.374. The van der Waals surface area contributed by atoms with Gasteiger partial charge >= 0.3 is 6.09 Å². The first-order valence-corrected chi connectivity index (χ1v) is 6.84. The third kappa shape index (κ3) is 3.10. The van der Waals surface area contributed by atoms with Crippen LogP contribution < -0.4 is 10.1 Å². The van der Waals surface area contributed by atoms with Crippen LogP contribution in [0.1, 0.15) is 37.4 Å². The molecular formula is C15H20N2O3. The molecule has 2 amide bonds. The van der Waals surface area contributed by atoms with Gasteiger partial charge in [0.05, 0.1) is 6.04 Å². The third-order valence-electron chi connectivity index (χ3n) is 3.56. The van der Waals surface area contributed by atoms with Crippen LogP contribution in [0.4, 0.5) is 4.79 Å². The van der Waals surface area contributed by atoms with Crippen LogP contribution >= 0.6 is 0 Å². The summed E-state index contributed by atoms with van der Waals surface area (Å²) in [5.74, 6) is 0.474. The van der Waals surface area contributed by atoms with E-state index in [1.54, 1.807) is 13.1 Å². The Bertz CT molecular complexity index is 528. The number of nitrogens with one attached hydrogen (secondary N) is 1. The van der Waals surface area contributed by atoms with Gasteiger partial charge in [0.2, 0.25) is 5.91 Å². The van der Waals surface area contributed by atoms with E-state index in [0.717, 1.165) is 18.4 Å². The Hall–Kier alpha value is -2.04. The molecule has 0 bridgehead atoms. The van der Waals surface area contributed by atoms with Gasteiger partial charge in [-0.2, -0.15) is 0 Å². The fraction of sp³-hybridized carbons (Fsp3) is 0.467. The van der Waals surface area contributed by atoms with Gasteiger partial charge in [-0.15, -0.1) is 0 Å². The minimum absolute atomic E-state index is 0.0186. The van der Waals surface area contributed by atoms with Crippen LogP contribution in [0.5, 0.6) is 5.75 Å². The summed E-state index contributed by atoms with van der Waals surface area (Å²) in [6.07, 6.45) is 1.45. The van der Waals surface area contributed by atoms with E-state index in [1.165, 1.54) is 17.4 Å². The van der Waals surface area contributed by atoms with E-state index in [2.05, 4.69) is 5.32 Å². The van der Waals surface area contributed by atoms with Gasteiger partial charge in [0.15, 0.2) is 0 Å². The summed E-state index contributed by atoms with van der Waals surface area (Å²) in [6.45, 7) is 3.99. The van der Waals surface area contributed by atoms with Crippen LogP contribution in [0.25, 0.3) is 0 Å². The molecule has 1 atom stereocenters. The number of amides is 2. The smallest absolute Gasteiger partial charge is 0.410 e. The van der Waals surface area contributed by atoms with Gasteiger partial charge in [-0.3, -0.25) is 4.79 Å². The Labute approximate surface area is 118 Å². The topological polar surface area (TPSA) is 58.6 Å². The summed E-state index contributed by atoms with van der Waals surface area (Å²) in [7, 11) is 1.69. The summed E-state index contributed by atoms with van der Waals surface area (Å²) in [6, 6.07) is 5.64. The average molecular weight is 276 g/mol. The van der Waals surface area contributed by atoms with Crippen molar-refractivity contribution in [1.82, 2.24) is 10.2 Å². The Kier molecular flexibility index (Phi) is 4.27. The molecule has 0 radical (unpaired) electrons. The number of hydrogen-bond acceptors (Lipinski definition) is 3. The number of benzene rings is 1. The molecule has 1 aromatic rings. The fourth-order valence-corrected chi connectivity index (χ4v) is 2.35. The lowest BCUT2D eigenvalue weighted by Crippen LogP contribution is -2.29. The highest BCUT2D eigenvalue weighted by Gasteiger charge is 2.24. The van der Waals surface area contributed by atoms with Crippen molar-refractivity contribution >= 4 is 12.0 Å². The van der Waals surface area contributed by atoms with E-state index in [1.807, 2.05) is 19.1 Å². The number of ether oxygens (including phenoxy) is 1. The Morgan fingerprint density at radius 1 is 1.45 bits per heavy atom. The van der Waals surface area contributed by atoms with Gasteiger partial charge in [0.25, 0.3) is 0 Å². The molecule has 5 heteroatoms. The highest BCUT2D eigenvalue weighted by Crippen LogP contribution is 2.33. The molecule has 1 aliphatic carbocycles. The van der Waals surface area contributed by atoms with Crippen molar-refractivity contribution < 1.29 is 14.3 Å². The summed E-state index contributed by atoms with van der Waals surface area (Å²) >= 11 is 0. The zero-order chi connectivity index (χ0) is 14.7. The molecule has 0 fully saturated rings. The van der Waals surface area contributed by atoms with Gasteiger partial charge in [-0.1, -0.05) is 6.07 Å². The standard InChI is InChI=1S/C15H20N2O3/c1-4-17(3)15(19)20-12-7-5-11-6-8-14(13(11)9-12)16-10(2)18/h5,7,9,14H,4,6,8H2,1-3H3,(H,16,18). The quantitative estimate of drug-likeness (QED) is 0.921. The Morgan fingerprint density at radius 3 is 2.85 bits per heavy atom. The molecule has 0 spiro atoms. The summed E-state index contributed by atoms with van der Waals surface area (Å²) in [4.78, 5) is 24.4. The van der Waals surface area contributed by atoms with E-state index in [0.29, 0.717) is 12.3 Å². The summed E-state index contributed by atoms with van der Waals surface area (Å²) in [5, 5.41) is 2.92. The van der Waals surface area contributed by atoms with Crippen molar-refractivity contribution in [3.05, 3.63) is 29.3 Å². The first kappa shape index (κ1) is 14.4. The Morgan fingerprint density at radius 2 is 2.20 bits per heavy atom. The van der Waals surface area contributed by atoms with Crippen molar-refractivity contribution in [2.45, 2.75) is 32.7 Å². The number of carbonyl (C=O) groups excluding carboxylic acids is 2. The molecule has 1 N–H and O–H groups in total. The van der Waals surface area contributed by atoms with Crippen molar-refractivity contribution in [2.24, 2.45) is 0 Å². The maximum atomic E-state index is 11.7. The number of aryl methyl sites for hydroxylation is 1. The largest absolute Gasteiger partial charge is 0.414 e. The molecular weight excluding hydrogens is 256 g/mol. The maximum absolute atomic E-state index is 11.7. The second kappa shape index (κ2) is 5.94. The molecule has 0 aromatic heterocycles. The summed E-state index contributed by atoms with van der Waals surface area (Å²) < 4.78 is 5.32. The second-order valence-corrected chi connectivity index (χ2v) is 5.03. The molecule has 108 valence electrons. The number of nitrogens with zero attached hydrogens (tertiary/aromatic N) is 1. The number of carbonyl (C=O) groups is 2. The third-order valence-corrected chi connectivity index (χ3v) is 3.56. The van der Waals surface area contributed by atoms with Crippen molar-refractivity contribution in [3.8, 4) is 5.75 Å². The van der Waals surface area contributed by atoms with E-state index in [9.17, 15) is 9.59 Å². The van der Waals surface area contributed by atoms with Crippen LogP contribution in [0.15, 0.2) is 18.2 Å². The Balaban J connectivity index is 2.14. The zero-order valence-corrected chi connectivity index (χ0v) is 12.1. The molecule has 0 saturated carbocycles. The highest BCUT2D eigenvalue weighted by molar-refractivity contribution is 5.74. The molecule has 0 aliphatic heterocycles. The lowest BCUT2D eigenvalue weighted by Gasteiger charge is -2.16. The van der Waals surface area contributed by atoms with E-state index in [-0.39, 0.29) is 18.0 Å². The minimum Gasteiger partial charge on any atom is -0.410 e. The van der Waals surface area contributed by atoms with E-state index >= 15 is 0 Å². The van der Waals surface area contributed by atoms with Crippen LogP contribution in [-0.2, 0) is 11.2 Å². The predicted molar refractivity (Wildman–Crippen MR) is 75.6 cm³/mol. The molecule has 1 aliphatic rings. The van der Waals surface area contributed by atoms with E-state index in [4.69, 9.17) is 4.74 Å². The van der Waals surface area contributed by atoms with Gasteiger partial charge < -0.3 is 15.0 Å². The lowest BCUT2D eigenvalue weighted by molar-refractivity contribution is -0.119. The molecule has 0 heterocycles. The molecule has 1 unspecified atom stereocenters. The first-order valence-electron chi connectivity index (χ1n) is 6.84. The fourth-order valence-electron chi connectivity index (χ4n) is 2.35. The van der Waals surface area contributed by atoms with Crippen molar-refractivity contribution in [1.29, 1.82) is 0 Å². The van der Waals surface area contributed by atoms with Crippen LogP contribution in [0.2, 0.25) is 0 Å². The average Bonchev–Trinajstić information content (AvgIpc) is 2.80. The number of hydrogen-bond donors (Lipinski definition) is 1.